The zero-order valence-electron chi connectivity index (χ0n) is 20.1. The first-order valence-corrected chi connectivity index (χ1v) is 11.7. The number of carbonyl (C=O) groups is 1. The van der Waals surface area contributed by atoms with Gasteiger partial charge in [0.2, 0.25) is 5.82 Å². The van der Waals surface area contributed by atoms with Crippen molar-refractivity contribution in [2.45, 2.75) is 51.9 Å². The van der Waals surface area contributed by atoms with E-state index in [9.17, 15) is 4.79 Å². The third-order valence-corrected chi connectivity index (χ3v) is 5.60. The van der Waals surface area contributed by atoms with E-state index in [2.05, 4.69) is 30.7 Å². The molecule has 4 aromatic rings. The highest BCUT2D eigenvalue weighted by Crippen LogP contribution is 2.24. The minimum atomic E-state index is -0.391. The van der Waals surface area contributed by atoms with Crippen molar-refractivity contribution in [3.8, 4) is 17.5 Å². The lowest BCUT2D eigenvalue weighted by molar-refractivity contribution is -0.0402. The van der Waals surface area contributed by atoms with Gasteiger partial charge in [-0.1, -0.05) is 22.1 Å². The third kappa shape index (κ3) is 5.25. The Hall–Kier alpha value is -4.13. The van der Waals surface area contributed by atoms with Crippen LogP contribution in [-0.4, -0.2) is 71.8 Å². The topological polar surface area (TPSA) is 143 Å². The van der Waals surface area contributed by atoms with E-state index in [0.29, 0.717) is 48.5 Å². The quantitative estimate of drug-likeness (QED) is 0.373. The van der Waals surface area contributed by atoms with Crippen molar-refractivity contribution in [1.82, 2.24) is 40.4 Å². The second-order valence-corrected chi connectivity index (χ2v) is 8.65. The van der Waals surface area contributed by atoms with E-state index in [4.69, 9.17) is 18.8 Å². The molecule has 0 N–H and O–H groups in total. The van der Waals surface area contributed by atoms with Gasteiger partial charge < -0.3 is 23.7 Å². The van der Waals surface area contributed by atoms with Gasteiger partial charge in [0.25, 0.3) is 11.8 Å². The van der Waals surface area contributed by atoms with Crippen LogP contribution in [0.15, 0.2) is 40.9 Å². The van der Waals surface area contributed by atoms with Gasteiger partial charge in [0, 0.05) is 19.2 Å². The van der Waals surface area contributed by atoms with E-state index >= 15 is 0 Å². The molecule has 5 rings (SSSR count). The van der Waals surface area contributed by atoms with Crippen molar-refractivity contribution >= 4 is 17.1 Å². The standard InChI is InChI=1S/C23H26N8O5/c1-14(2)33-23(32)30-12-10-16(11-13-30)34-15(3)21-24-22(35-28-21)18-8-9-20(27-25-18)36-31-19-7-5-4-6-17(19)26-29-31/h4-9,14-16H,10-13H2,1-3H3. The summed E-state index contributed by atoms with van der Waals surface area (Å²) in [5.41, 5.74) is 1.81. The van der Waals surface area contributed by atoms with Crippen LogP contribution in [0.2, 0.25) is 0 Å². The van der Waals surface area contributed by atoms with E-state index < -0.39 is 6.10 Å². The molecule has 188 valence electrons. The molecular formula is C23H26N8O5. The number of aromatic nitrogens is 7. The maximum atomic E-state index is 12.1. The fourth-order valence-corrected chi connectivity index (χ4v) is 3.79. The number of nitrogens with zero attached hydrogens (tertiary/aromatic N) is 8. The van der Waals surface area contributed by atoms with Crippen molar-refractivity contribution in [1.29, 1.82) is 0 Å². The lowest BCUT2D eigenvalue weighted by Crippen LogP contribution is -2.42. The smallest absolute Gasteiger partial charge is 0.410 e. The predicted octanol–water partition coefficient (Wildman–Crippen LogP) is 3.20. The van der Waals surface area contributed by atoms with Gasteiger partial charge in [0.1, 0.15) is 17.1 Å². The molecule has 3 aromatic heterocycles. The van der Waals surface area contributed by atoms with E-state index in [-0.39, 0.29) is 30.1 Å². The number of fused-ring (bicyclic) bond motifs is 1. The Kier molecular flexibility index (Phi) is 6.71. The number of benzene rings is 1. The lowest BCUT2D eigenvalue weighted by atomic mass is 10.1. The van der Waals surface area contributed by atoms with Gasteiger partial charge in [-0.2, -0.15) is 4.98 Å². The van der Waals surface area contributed by atoms with Crippen LogP contribution in [0.3, 0.4) is 0 Å². The van der Waals surface area contributed by atoms with Gasteiger partial charge in [-0.3, -0.25) is 0 Å². The second-order valence-electron chi connectivity index (χ2n) is 8.65. The minimum absolute atomic E-state index is 0.0193. The molecule has 0 saturated carbocycles. The number of hydrogen-bond acceptors (Lipinski definition) is 11. The summed E-state index contributed by atoms with van der Waals surface area (Å²) < 4.78 is 16.7. The molecule has 1 atom stereocenters. The number of piperidine rings is 1. The highest BCUT2D eigenvalue weighted by Gasteiger charge is 2.27. The van der Waals surface area contributed by atoms with Crippen LogP contribution in [0.4, 0.5) is 4.79 Å². The van der Waals surface area contributed by atoms with Crippen LogP contribution < -0.4 is 4.84 Å². The fourth-order valence-electron chi connectivity index (χ4n) is 3.79. The van der Waals surface area contributed by atoms with Crippen molar-refractivity contribution in [2.24, 2.45) is 0 Å². The predicted molar refractivity (Wildman–Crippen MR) is 125 cm³/mol. The van der Waals surface area contributed by atoms with Gasteiger partial charge in [-0.15, -0.1) is 15.3 Å². The number of rotatable bonds is 7. The summed E-state index contributed by atoms with van der Waals surface area (Å²) in [4.78, 5) is 25.1. The van der Waals surface area contributed by atoms with Crippen molar-refractivity contribution in [3.63, 3.8) is 0 Å². The highest BCUT2D eigenvalue weighted by molar-refractivity contribution is 5.73. The molecule has 36 heavy (non-hydrogen) atoms. The molecule has 0 aliphatic carbocycles. The summed E-state index contributed by atoms with van der Waals surface area (Å²) in [7, 11) is 0. The van der Waals surface area contributed by atoms with Gasteiger partial charge in [-0.25, -0.2) is 4.79 Å². The Morgan fingerprint density at radius 3 is 2.61 bits per heavy atom. The maximum absolute atomic E-state index is 12.1. The monoisotopic (exact) mass is 494 g/mol. The van der Waals surface area contributed by atoms with Crippen molar-refractivity contribution in [2.75, 3.05) is 13.1 Å². The van der Waals surface area contributed by atoms with Crippen LogP contribution >= 0.6 is 0 Å². The van der Waals surface area contributed by atoms with Crippen LogP contribution in [0.5, 0.6) is 5.88 Å². The van der Waals surface area contributed by atoms with Crippen LogP contribution in [0, 0.1) is 0 Å². The molecule has 4 heterocycles. The molecule has 1 unspecified atom stereocenters. The molecule has 1 saturated heterocycles. The average Bonchev–Trinajstić information content (AvgIpc) is 3.53. The van der Waals surface area contributed by atoms with E-state index in [1.54, 1.807) is 17.0 Å². The highest BCUT2D eigenvalue weighted by atomic mass is 16.7. The number of likely N-dealkylation sites (tertiary alicyclic amines) is 1. The normalized spacial score (nSPS) is 15.4. The Morgan fingerprint density at radius 1 is 1.06 bits per heavy atom. The summed E-state index contributed by atoms with van der Waals surface area (Å²) in [6.07, 6.45) is 0.576. The van der Waals surface area contributed by atoms with Crippen LogP contribution in [-0.2, 0) is 9.47 Å². The molecule has 1 amide bonds. The molecule has 1 aliphatic heterocycles. The largest absolute Gasteiger partial charge is 0.447 e. The minimum Gasteiger partial charge on any atom is -0.447 e. The van der Waals surface area contributed by atoms with Crippen molar-refractivity contribution < 1.29 is 23.6 Å². The number of carbonyl (C=O) groups excluding carboxylic acids is 1. The third-order valence-electron chi connectivity index (χ3n) is 5.60. The summed E-state index contributed by atoms with van der Waals surface area (Å²) in [5.74, 6) is 0.856. The first-order valence-electron chi connectivity index (χ1n) is 11.7. The van der Waals surface area contributed by atoms with Gasteiger partial charge in [0.05, 0.1) is 12.2 Å². The fraction of sp³-hybridized carbons (Fsp3) is 0.435. The number of hydrogen-bond donors (Lipinski definition) is 0. The van der Waals surface area contributed by atoms with Gasteiger partial charge in [-0.05, 0) is 57.0 Å². The molecule has 13 nitrogen and oxygen atoms in total. The molecule has 0 radical (unpaired) electrons. The van der Waals surface area contributed by atoms with Crippen LogP contribution in [0.1, 0.15) is 45.5 Å². The maximum Gasteiger partial charge on any atom is 0.410 e. The molecule has 13 heteroatoms. The number of amides is 1. The van der Waals surface area contributed by atoms with Crippen molar-refractivity contribution in [3.05, 3.63) is 42.2 Å². The van der Waals surface area contributed by atoms with E-state index in [1.165, 1.54) is 4.85 Å². The summed E-state index contributed by atoms with van der Waals surface area (Å²) in [6.45, 7) is 6.69. The summed E-state index contributed by atoms with van der Waals surface area (Å²) >= 11 is 0. The molecule has 0 bridgehead atoms. The first-order chi connectivity index (χ1) is 17.5. The molecule has 1 aliphatic rings. The Bertz CT molecular complexity index is 1310. The SMILES string of the molecule is CC(C)OC(=O)N1CCC(OC(C)c2noc(-c3ccc(On4nnc5ccccc54)nn3)n2)CC1. The Labute approximate surface area is 206 Å². The molecule has 1 fully saturated rings. The van der Waals surface area contributed by atoms with E-state index in [0.717, 1.165) is 0 Å². The second kappa shape index (κ2) is 10.2. The zero-order chi connectivity index (χ0) is 25.1. The first kappa shape index (κ1) is 23.6. The Balaban J connectivity index is 1.16. The zero-order valence-corrected chi connectivity index (χ0v) is 20.1. The van der Waals surface area contributed by atoms with E-state index in [1.807, 2.05) is 45.0 Å². The van der Waals surface area contributed by atoms with Gasteiger partial charge >= 0.3 is 6.09 Å². The lowest BCUT2D eigenvalue weighted by Gasteiger charge is -2.32. The van der Waals surface area contributed by atoms with Crippen LogP contribution in [0.25, 0.3) is 22.6 Å². The Morgan fingerprint density at radius 2 is 1.86 bits per heavy atom. The number of para-hydroxylation sites is 1. The average molecular weight is 495 g/mol. The number of ether oxygens (including phenoxy) is 2. The molecule has 0 spiro atoms. The molecule has 1 aromatic carbocycles. The van der Waals surface area contributed by atoms with Gasteiger partial charge in [0.15, 0.2) is 5.69 Å². The summed E-state index contributed by atoms with van der Waals surface area (Å²) in [6, 6.07) is 10.7. The summed E-state index contributed by atoms with van der Waals surface area (Å²) in [5, 5.41) is 20.2. The molecular weight excluding hydrogens is 468 g/mol.